The fraction of sp³-hybridized carbons (Fsp3) is 0.300. The van der Waals surface area contributed by atoms with Crippen LogP contribution in [0.4, 0.5) is 11.4 Å². The molecule has 1 N–H and O–H groups in total. The van der Waals surface area contributed by atoms with Gasteiger partial charge in [-0.2, -0.15) is 0 Å². The van der Waals surface area contributed by atoms with Gasteiger partial charge in [-0.15, -0.1) is 0 Å². The Labute approximate surface area is 152 Å². The molecule has 1 fully saturated rings. The van der Waals surface area contributed by atoms with Gasteiger partial charge >= 0.3 is 0 Å². The van der Waals surface area contributed by atoms with E-state index in [0.29, 0.717) is 36.0 Å². The van der Waals surface area contributed by atoms with Crippen molar-refractivity contribution in [3.05, 3.63) is 48.5 Å². The summed E-state index contributed by atoms with van der Waals surface area (Å²) in [5, 5.41) is 2.88. The second-order valence-corrected chi connectivity index (χ2v) is 6.00. The number of rotatable bonds is 6. The minimum absolute atomic E-state index is 0.0901. The maximum atomic E-state index is 12.7. The number of amides is 2. The van der Waals surface area contributed by atoms with Crippen LogP contribution in [0.25, 0.3) is 0 Å². The third-order valence-corrected chi connectivity index (χ3v) is 4.32. The van der Waals surface area contributed by atoms with Crippen LogP contribution >= 0.6 is 0 Å². The molecule has 1 atom stereocenters. The van der Waals surface area contributed by atoms with E-state index in [-0.39, 0.29) is 18.2 Å². The first-order chi connectivity index (χ1) is 12.6. The van der Waals surface area contributed by atoms with Gasteiger partial charge in [-0.3, -0.25) is 9.59 Å². The van der Waals surface area contributed by atoms with Crippen LogP contribution in [0.3, 0.4) is 0 Å². The number of hydrogen-bond donors (Lipinski definition) is 1. The molecule has 6 heteroatoms. The molecule has 0 aromatic heterocycles. The zero-order valence-corrected chi connectivity index (χ0v) is 14.9. The van der Waals surface area contributed by atoms with Crippen LogP contribution in [0.2, 0.25) is 0 Å². The van der Waals surface area contributed by atoms with Crippen molar-refractivity contribution in [2.75, 3.05) is 30.5 Å². The molecule has 0 aliphatic carbocycles. The molecule has 0 saturated carbocycles. The SMILES string of the molecule is CCOc1ccccc1NC(=O)[C@@H]1CC(=O)N(c2ccccc2OC)C1. The highest BCUT2D eigenvalue weighted by atomic mass is 16.5. The maximum absolute atomic E-state index is 12.7. The highest BCUT2D eigenvalue weighted by Crippen LogP contribution is 2.33. The number of hydrogen-bond acceptors (Lipinski definition) is 4. The van der Waals surface area contributed by atoms with Crippen molar-refractivity contribution in [2.24, 2.45) is 5.92 Å². The Kier molecular flexibility index (Phi) is 5.41. The van der Waals surface area contributed by atoms with Gasteiger partial charge in [0.2, 0.25) is 11.8 Å². The molecule has 1 aliphatic heterocycles. The highest BCUT2D eigenvalue weighted by molar-refractivity contribution is 6.04. The molecule has 1 heterocycles. The van der Waals surface area contributed by atoms with Crippen LogP contribution in [0.15, 0.2) is 48.5 Å². The molecule has 2 aromatic carbocycles. The van der Waals surface area contributed by atoms with Crippen LogP contribution in [0, 0.1) is 5.92 Å². The molecular formula is C20H22N2O4. The van der Waals surface area contributed by atoms with Gasteiger partial charge in [0.15, 0.2) is 0 Å². The monoisotopic (exact) mass is 354 g/mol. The Morgan fingerprint density at radius 1 is 1.15 bits per heavy atom. The summed E-state index contributed by atoms with van der Waals surface area (Å²) in [4.78, 5) is 26.7. The minimum atomic E-state index is -0.429. The molecular weight excluding hydrogens is 332 g/mol. The number of carbonyl (C=O) groups is 2. The second kappa shape index (κ2) is 7.91. The molecule has 6 nitrogen and oxygen atoms in total. The summed E-state index contributed by atoms with van der Waals surface area (Å²) < 4.78 is 10.9. The smallest absolute Gasteiger partial charge is 0.229 e. The Hall–Kier alpha value is -3.02. The van der Waals surface area contributed by atoms with Gasteiger partial charge in [0, 0.05) is 13.0 Å². The molecule has 2 aromatic rings. The first-order valence-electron chi connectivity index (χ1n) is 8.60. The maximum Gasteiger partial charge on any atom is 0.229 e. The van der Waals surface area contributed by atoms with Crippen LogP contribution in [0.1, 0.15) is 13.3 Å². The average Bonchev–Trinajstić information content (AvgIpc) is 3.05. The summed E-state index contributed by atoms with van der Waals surface area (Å²) in [6, 6.07) is 14.6. The Morgan fingerprint density at radius 2 is 1.85 bits per heavy atom. The van der Waals surface area contributed by atoms with Gasteiger partial charge in [-0.05, 0) is 31.2 Å². The summed E-state index contributed by atoms with van der Waals surface area (Å²) in [6.45, 7) is 2.72. The number of ether oxygens (including phenoxy) is 2. The second-order valence-electron chi connectivity index (χ2n) is 6.00. The van der Waals surface area contributed by atoms with Gasteiger partial charge in [0.1, 0.15) is 11.5 Å². The fourth-order valence-corrected chi connectivity index (χ4v) is 3.05. The van der Waals surface area contributed by atoms with Crippen molar-refractivity contribution in [1.29, 1.82) is 0 Å². The van der Waals surface area contributed by atoms with Gasteiger partial charge in [0.05, 0.1) is 31.0 Å². The highest BCUT2D eigenvalue weighted by Gasteiger charge is 2.36. The summed E-state index contributed by atoms with van der Waals surface area (Å²) in [5.74, 6) is 0.524. The third-order valence-electron chi connectivity index (χ3n) is 4.32. The molecule has 0 unspecified atom stereocenters. The first-order valence-corrected chi connectivity index (χ1v) is 8.60. The van der Waals surface area contributed by atoms with E-state index in [1.807, 2.05) is 37.3 Å². The van der Waals surface area contributed by atoms with Crippen molar-refractivity contribution in [1.82, 2.24) is 0 Å². The Morgan fingerprint density at radius 3 is 2.58 bits per heavy atom. The zero-order chi connectivity index (χ0) is 18.5. The molecule has 26 heavy (non-hydrogen) atoms. The first kappa shape index (κ1) is 17.8. The summed E-state index contributed by atoms with van der Waals surface area (Å²) in [7, 11) is 1.56. The molecule has 0 bridgehead atoms. The molecule has 0 spiro atoms. The third kappa shape index (κ3) is 3.64. The summed E-state index contributed by atoms with van der Waals surface area (Å²) in [6.07, 6.45) is 0.167. The van der Waals surface area contributed by atoms with Crippen LogP contribution in [-0.2, 0) is 9.59 Å². The number of nitrogens with zero attached hydrogens (tertiary/aromatic N) is 1. The van der Waals surface area contributed by atoms with E-state index < -0.39 is 5.92 Å². The van der Waals surface area contributed by atoms with Gasteiger partial charge in [-0.25, -0.2) is 0 Å². The van der Waals surface area contributed by atoms with E-state index >= 15 is 0 Å². The normalized spacial score (nSPS) is 16.5. The largest absolute Gasteiger partial charge is 0.495 e. The van der Waals surface area contributed by atoms with Crippen molar-refractivity contribution >= 4 is 23.2 Å². The van der Waals surface area contributed by atoms with Crippen molar-refractivity contribution in [2.45, 2.75) is 13.3 Å². The summed E-state index contributed by atoms with van der Waals surface area (Å²) >= 11 is 0. The van der Waals surface area contributed by atoms with E-state index in [0.717, 1.165) is 0 Å². The van der Waals surface area contributed by atoms with Crippen molar-refractivity contribution in [3.63, 3.8) is 0 Å². The number of carbonyl (C=O) groups excluding carboxylic acids is 2. The minimum Gasteiger partial charge on any atom is -0.495 e. The van der Waals surface area contributed by atoms with Crippen molar-refractivity contribution < 1.29 is 19.1 Å². The Bertz CT molecular complexity index is 806. The van der Waals surface area contributed by atoms with Crippen LogP contribution < -0.4 is 19.7 Å². The van der Waals surface area contributed by atoms with Crippen LogP contribution in [-0.4, -0.2) is 32.1 Å². The fourth-order valence-electron chi connectivity index (χ4n) is 3.05. The van der Waals surface area contributed by atoms with Gasteiger partial charge in [-0.1, -0.05) is 24.3 Å². The predicted molar refractivity (Wildman–Crippen MR) is 99.7 cm³/mol. The molecule has 2 amide bonds. The standard InChI is InChI=1S/C20H22N2O4/c1-3-26-17-10-6-4-8-15(17)21-20(24)14-12-19(23)22(13-14)16-9-5-7-11-18(16)25-2/h4-11,14H,3,12-13H2,1-2H3,(H,21,24)/t14-/m1/s1. The van der Waals surface area contributed by atoms with Gasteiger partial charge < -0.3 is 19.7 Å². The molecule has 0 radical (unpaired) electrons. The number of benzene rings is 2. The Balaban J connectivity index is 1.73. The van der Waals surface area contributed by atoms with E-state index in [9.17, 15) is 9.59 Å². The van der Waals surface area contributed by atoms with E-state index in [1.165, 1.54) is 0 Å². The van der Waals surface area contributed by atoms with Crippen molar-refractivity contribution in [3.8, 4) is 11.5 Å². The summed E-state index contributed by atoms with van der Waals surface area (Å²) in [5.41, 5.74) is 1.30. The average molecular weight is 354 g/mol. The lowest BCUT2D eigenvalue weighted by Gasteiger charge is -2.19. The lowest BCUT2D eigenvalue weighted by Crippen LogP contribution is -2.28. The quantitative estimate of drug-likeness (QED) is 0.866. The number of anilines is 2. The topological polar surface area (TPSA) is 67.9 Å². The number of nitrogens with one attached hydrogen (secondary N) is 1. The molecule has 1 saturated heterocycles. The molecule has 1 aliphatic rings. The zero-order valence-electron chi connectivity index (χ0n) is 14.9. The molecule has 3 rings (SSSR count). The van der Waals surface area contributed by atoms with E-state index in [2.05, 4.69) is 5.32 Å². The number of methoxy groups -OCH3 is 1. The molecule has 136 valence electrons. The lowest BCUT2D eigenvalue weighted by molar-refractivity contribution is -0.122. The van der Waals surface area contributed by atoms with E-state index in [1.54, 1.807) is 30.2 Å². The number of para-hydroxylation sites is 4. The van der Waals surface area contributed by atoms with Crippen LogP contribution in [0.5, 0.6) is 11.5 Å². The van der Waals surface area contributed by atoms with E-state index in [4.69, 9.17) is 9.47 Å². The lowest BCUT2D eigenvalue weighted by atomic mass is 10.1. The predicted octanol–water partition coefficient (Wildman–Crippen LogP) is 3.09. The van der Waals surface area contributed by atoms with Gasteiger partial charge in [0.25, 0.3) is 0 Å².